The quantitative estimate of drug-likeness (QED) is 0.809. The monoisotopic (exact) mass is 266 g/mol. The molecule has 0 aromatic carbocycles. The molecule has 1 fully saturated rings. The predicted molar refractivity (Wildman–Crippen MR) is 75.6 cm³/mol. The number of rotatable bonds is 4. The van der Waals surface area contributed by atoms with E-state index in [2.05, 4.69) is 14.8 Å². The van der Waals surface area contributed by atoms with Crippen LogP contribution in [0.4, 0.5) is 11.5 Å². The highest BCUT2D eigenvalue weighted by molar-refractivity contribution is 5.54. The summed E-state index contributed by atoms with van der Waals surface area (Å²) < 4.78 is 5.16. The van der Waals surface area contributed by atoms with Gasteiger partial charge in [-0.3, -0.25) is 4.90 Å². The van der Waals surface area contributed by atoms with Crippen molar-refractivity contribution in [1.29, 1.82) is 0 Å². The van der Waals surface area contributed by atoms with Crippen molar-refractivity contribution in [2.45, 2.75) is 6.42 Å². The molecule has 1 aliphatic rings. The fourth-order valence-electron chi connectivity index (χ4n) is 2.35. The Labute approximate surface area is 113 Å². The van der Waals surface area contributed by atoms with Crippen LogP contribution in [0.3, 0.4) is 0 Å². The van der Waals surface area contributed by atoms with Crippen LogP contribution < -0.4 is 15.4 Å². The van der Waals surface area contributed by atoms with Gasteiger partial charge >= 0.3 is 0 Å². The average molecular weight is 266 g/mol. The molecule has 2 heterocycles. The zero-order valence-corrected chi connectivity index (χ0v) is 11.4. The molecule has 3 N–H and O–H groups in total. The van der Waals surface area contributed by atoms with E-state index in [1.807, 2.05) is 12.1 Å². The number of aliphatic hydroxyl groups excluding tert-OH is 1. The number of anilines is 2. The van der Waals surface area contributed by atoms with Crippen LogP contribution in [0, 0.1) is 0 Å². The summed E-state index contributed by atoms with van der Waals surface area (Å²) in [6, 6.07) is 3.76. The SMILES string of the molecule is COc1nc(N2CCCN(CCO)CC2)ccc1N. The zero-order chi connectivity index (χ0) is 13.7. The van der Waals surface area contributed by atoms with Crippen LogP contribution in [0.1, 0.15) is 6.42 Å². The standard InChI is InChI=1S/C13H22N4O2/c1-19-13-11(14)3-4-12(15-13)17-6-2-5-16(7-8-17)9-10-18/h3-4,18H,2,5-10,14H2,1H3. The van der Waals surface area contributed by atoms with Gasteiger partial charge in [-0.2, -0.15) is 4.98 Å². The first-order valence-electron chi connectivity index (χ1n) is 6.63. The van der Waals surface area contributed by atoms with Crippen LogP contribution >= 0.6 is 0 Å². The predicted octanol–water partition coefficient (Wildman–Crippen LogP) is 0.177. The van der Waals surface area contributed by atoms with Crippen molar-refractivity contribution in [3.05, 3.63) is 12.1 Å². The molecule has 0 radical (unpaired) electrons. The third-order valence-corrected chi connectivity index (χ3v) is 3.40. The number of methoxy groups -OCH3 is 1. The third kappa shape index (κ3) is 3.48. The van der Waals surface area contributed by atoms with E-state index in [0.29, 0.717) is 11.6 Å². The summed E-state index contributed by atoms with van der Waals surface area (Å²) >= 11 is 0. The average Bonchev–Trinajstić information content (AvgIpc) is 2.66. The van der Waals surface area contributed by atoms with Crippen LogP contribution in [-0.2, 0) is 0 Å². The molecule has 1 aromatic heterocycles. The Morgan fingerprint density at radius 2 is 2.16 bits per heavy atom. The fraction of sp³-hybridized carbons (Fsp3) is 0.615. The van der Waals surface area contributed by atoms with Gasteiger partial charge in [-0.25, -0.2) is 0 Å². The van der Waals surface area contributed by atoms with Crippen molar-refractivity contribution in [1.82, 2.24) is 9.88 Å². The Hall–Kier alpha value is -1.53. The van der Waals surface area contributed by atoms with Crippen LogP contribution in [-0.4, -0.2) is 61.4 Å². The lowest BCUT2D eigenvalue weighted by Crippen LogP contribution is -2.32. The van der Waals surface area contributed by atoms with E-state index in [-0.39, 0.29) is 6.61 Å². The lowest BCUT2D eigenvalue weighted by Gasteiger charge is -2.22. The van der Waals surface area contributed by atoms with Gasteiger partial charge in [-0.15, -0.1) is 0 Å². The second-order valence-electron chi connectivity index (χ2n) is 4.67. The van der Waals surface area contributed by atoms with Gasteiger partial charge in [0.05, 0.1) is 19.4 Å². The normalized spacial score (nSPS) is 17.3. The Kier molecular flexibility index (Phi) is 4.81. The number of pyridine rings is 1. The van der Waals surface area contributed by atoms with Crippen LogP contribution in [0.5, 0.6) is 5.88 Å². The van der Waals surface area contributed by atoms with E-state index in [1.165, 1.54) is 0 Å². The van der Waals surface area contributed by atoms with Crippen LogP contribution in [0.15, 0.2) is 12.1 Å². The number of hydrogen-bond donors (Lipinski definition) is 2. The van der Waals surface area contributed by atoms with Gasteiger partial charge in [-0.05, 0) is 25.1 Å². The largest absolute Gasteiger partial charge is 0.479 e. The molecule has 0 atom stereocenters. The molecule has 0 bridgehead atoms. The van der Waals surface area contributed by atoms with Gasteiger partial charge in [0.2, 0.25) is 5.88 Å². The van der Waals surface area contributed by atoms with Gasteiger partial charge < -0.3 is 20.5 Å². The highest BCUT2D eigenvalue weighted by atomic mass is 16.5. The maximum absolute atomic E-state index is 8.99. The second-order valence-corrected chi connectivity index (χ2v) is 4.67. The van der Waals surface area contributed by atoms with E-state index >= 15 is 0 Å². The van der Waals surface area contributed by atoms with Crippen molar-refractivity contribution in [3.8, 4) is 5.88 Å². The number of hydrogen-bond acceptors (Lipinski definition) is 6. The minimum Gasteiger partial charge on any atom is -0.479 e. The van der Waals surface area contributed by atoms with Crippen molar-refractivity contribution in [2.24, 2.45) is 0 Å². The van der Waals surface area contributed by atoms with Gasteiger partial charge in [0, 0.05) is 26.2 Å². The molecule has 0 unspecified atom stereocenters. The second kappa shape index (κ2) is 6.58. The molecule has 1 saturated heterocycles. The molecule has 6 heteroatoms. The van der Waals surface area contributed by atoms with Crippen molar-refractivity contribution < 1.29 is 9.84 Å². The Morgan fingerprint density at radius 3 is 2.89 bits per heavy atom. The molecule has 1 aliphatic heterocycles. The summed E-state index contributed by atoms with van der Waals surface area (Å²) in [5, 5.41) is 8.99. The Balaban J connectivity index is 2.05. The summed E-state index contributed by atoms with van der Waals surface area (Å²) in [5.74, 6) is 1.38. The first kappa shape index (κ1) is 13.9. The van der Waals surface area contributed by atoms with E-state index in [4.69, 9.17) is 15.6 Å². The number of nitrogen functional groups attached to an aromatic ring is 1. The van der Waals surface area contributed by atoms with E-state index in [1.54, 1.807) is 7.11 Å². The topological polar surface area (TPSA) is 74.8 Å². The minimum atomic E-state index is 0.216. The van der Waals surface area contributed by atoms with Crippen molar-refractivity contribution in [2.75, 3.05) is 57.1 Å². The lowest BCUT2D eigenvalue weighted by atomic mass is 10.3. The number of nitrogens with zero attached hydrogens (tertiary/aromatic N) is 3. The molecule has 2 rings (SSSR count). The van der Waals surface area contributed by atoms with Gasteiger partial charge in [0.15, 0.2) is 0 Å². The highest BCUT2D eigenvalue weighted by Gasteiger charge is 2.16. The molecular formula is C13H22N4O2. The summed E-state index contributed by atoms with van der Waals surface area (Å²) in [6.45, 7) is 4.78. The first-order chi connectivity index (χ1) is 9.24. The number of nitrogens with two attached hydrogens (primary N) is 1. The number of aromatic nitrogens is 1. The molecule has 106 valence electrons. The molecule has 1 aromatic rings. The summed E-state index contributed by atoms with van der Waals surface area (Å²) in [5.41, 5.74) is 6.34. The zero-order valence-electron chi connectivity index (χ0n) is 11.4. The summed E-state index contributed by atoms with van der Waals surface area (Å²) in [4.78, 5) is 8.95. The smallest absolute Gasteiger partial charge is 0.238 e. The maximum Gasteiger partial charge on any atom is 0.238 e. The lowest BCUT2D eigenvalue weighted by molar-refractivity contribution is 0.204. The maximum atomic E-state index is 8.99. The minimum absolute atomic E-state index is 0.216. The molecule has 0 spiro atoms. The summed E-state index contributed by atoms with van der Waals surface area (Å²) in [7, 11) is 1.58. The molecule has 0 aliphatic carbocycles. The highest BCUT2D eigenvalue weighted by Crippen LogP contribution is 2.23. The van der Waals surface area contributed by atoms with E-state index in [9.17, 15) is 0 Å². The first-order valence-corrected chi connectivity index (χ1v) is 6.63. The summed E-state index contributed by atoms with van der Waals surface area (Å²) in [6.07, 6.45) is 1.06. The van der Waals surface area contributed by atoms with Crippen molar-refractivity contribution >= 4 is 11.5 Å². The van der Waals surface area contributed by atoms with Gasteiger partial charge in [0.25, 0.3) is 0 Å². The number of aliphatic hydroxyl groups is 1. The molecule has 0 amide bonds. The van der Waals surface area contributed by atoms with Crippen LogP contribution in [0.2, 0.25) is 0 Å². The van der Waals surface area contributed by atoms with Crippen LogP contribution in [0.25, 0.3) is 0 Å². The fourth-order valence-corrected chi connectivity index (χ4v) is 2.35. The van der Waals surface area contributed by atoms with E-state index in [0.717, 1.165) is 45.0 Å². The molecular weight excluding hydrogens is 244 g/mol. The van der Waals surface area contributed by atoms with Gasteiger partial charge in [0.1, 0.15) is 5.82 Å². The third-order valence-electron chi connectivity index (χ3n) is 3.40. The Bertz CT molecular complexity index is 414. The van der Waals surface area contributed by atoms with E-state index < -0.39 is 0 Å². The number of ether oxygens (including phenoxy) is 1. The van der Waals surface area contributed by atoms with Crippen molar-refractivity contribution in [3.63, 3.8) is 0 Å². The number of β-amino-alcohol motifs (C(OH)–C–C–N with tert-alkyl or cyclic N) is 1. The molecule has 19 heavy (non-hydrogen) atoms. The Morgan fingerprint density at radius 1 is 1.32 bits per heavy atom. The molecule has 0 saturated carbocycles. The van der Waals surface area contributed by atoms with Gasteiger partial charge in [-0.1, -0.05) is 0 Å². The molecule has 6 nitrogen and oxygen atoms in total.